The number of rotatable bonds is 9. The van der Waals surface area contributed by atoms with Crippen molar-refractivity contribution >= 4 is 15.9 Å². The Morgan fingerprint density at radius 1 is 0.909 bits per heavy atom. The van der Waals surface area contributed by atoms with Gasteiger partial charge in [0.25, 0.3) is 0 Å². The molecule has 0 aliphatic carbocycles. The van der Waals surface area contributed by atoms with Crippen molar-refractivity contribution in [2.24, 2.45) is 5.73 Å². The van der Waals surface area contributed by atoms with Gasteiger partial charge < -0.3 is 16.4 Å². The molecular formula is C25H28N4O3S. The van der Waals surface area contributed by atoms with E-state index in [1.165, 1.54) is 24.3 Å². The highest BCUT2D eigenvalue weighted by molar-refractivity contribution is 7.89. The molecule has 0 radical (unpaired) electrons. The fourth-order valence-electron chi connectivity index (χ4n) is 4.09. The highest BCUT2D eigenvalue weighted by Crippen LogP contribution is 2.25. The first-order valence-electron chi connectivity index (χ1n) is 10.9. The predicted molar refractivity (Wildman–Crippen MR) is 128 cm³/mol. The summed E-state index contributed by atoms with van der Waals surface area (Å²) in [7, 11) is -3.84. The summed E-state index contributed by atoms with van der Waals surface area (Å²) >= 11 is 0. The first kappa shape index (κ1) is 23.1. The number of hydrogen-bond acceptors (Lipinski definition) is 5. The van der Waals surface area contributed by atoms with Gasteiger partial charge in [-0.1, -0.05) is 60.7 Å². The van der Waals surface area contributed by atoms with Gasteiger partial charge in [0.05, 0.1) is 10.9 Å². The third-order valence-electron chi connectivity index (χ3n) is 5.89. The van der Waals surface area contributed by atoms with E-state index < -0.39 is 15.9 Å². The summed E-state index contributed by atoms with van der Waals surface area (Å²) in [5, 5.41) is 6.87. The fourth-order valence-corrected chi connectivity index (χ4v) is 5.74. The third kappa shape index (κ3) is 5.48. The minimum atomic E-state index is -3.84. The van der Waals surface area contributed by atoms with Gasteiger partial charge in [-0.3, -0.25) is 4.79 Å². The van der Waals surface area contributed by atoms with Gasteiger partial charge in [0.2, 0.25) is 15.9 Å². The van der Waals surface area contributed by atoms with Crippen LogP contribution in [0.25, 0.3) is 0 Å². The monoisotopic (exact) mass is 464 g/mol. The molecule has 1 fully saturated rings. The standard InChI is InChI=1S/C25H28N4O3S/c26-25(30)21-11-13-22(14-12-21)33(31,32)29(18-20-9-5-2-6-10-20)24-17-27-16-23(24)28-15-19-7-3-1-4-8-19/h1-14,23-24,27-28H,15-18H2,(H2,26,30)/t23-,24-/m0/s1. The number of amides is 1. The van der Waals surface area contributed by atoms with Crippen molar-refractivity contribution in [1.82, 2.24) is 14.9 Å². The summed E-state index contributed by atoms with van der Waals surface area (Å²) in [6.45, 7) is 2.10. The second kappa shape index (κ2) is 10.3. The van der Waals surface area contributed by atoms with Crippen LogP contribution in [0.2, 0.25) is 0 Å². The molecule has 4 rings (SSSR count). The highest BCUT2D eigenvalue weighted by Gasteiger charge is 2.39. The van der Waals surface area contributed by atoms with E-state index in [0.717, 1.165) is 11.1 Å². The molecule has 0 aromatic heterocycles. The number of sulfonamides is 1. The van der Waals surface area contributed by atoms with E-state index in [1.54, 1.807) is 4.31 Å². The third-order valence-corrected chi connectivity index (χ3v) is 7.78. The molecule has 1 heterocycles. The summed E-state index contributed by atoms with van der Waals surface area (Å²) < 4.78 is 29.1. The van der Waals surface area contributed by atoms with E-state index in [9.17, 15) is 13.2 Å². The molecule has 2 atom stereocenters. The quantitative estimate of drug-likeness (QED) is 0.450. The van der Waals surface area contributed by atoms with E-state index in [4.69, 9.17) is 5.73 Å². The van der Waals surface area contributed by atoms with Crippen LogP contribution in [0, 0.1) is 0 Å². The van der Waals surface area contributed by atoms with Crippen molar-refractivity contribution in [1.29, 1.82) is 0 Å². The lowest BCUT2D eigenvalue weighted by atomic mass is 10.1. The number of carbonyl (C=O) groups is 1. The Hall–Kier alpha value is -3.04. The predicted octanol–water partition coefficient (Wildman–Crippen LogP) is 2.11. The van der Waals surface area contributed by atoms with Gasteiger partial charge in [-0.05, 0) is 35.4 Å². The summed E-state index contributed by atoms with van der Waals surface area (Å²) in [6.07, 6.45) is 0. The van der Waals surface area contributed by atoms with E-state index in [2.05, 4.69) is 10.6 Å². The normalized spacial score (nSPS) is 18.5. The maximum Gasteiger partial charge on any atom is 0.248 e. The molecule has 4 N–H and O–H groups in total. The molecule has 3 aromatic carbocycles. The smallest absolute Gasteiger partial charge is 0.248 e. The molecule has 33 heavy (non-hydrogen) atoms. The van der Waals surface area contributed by atoms with Crippen LogP contribution >= 0.6 is 0 Å². The van der Waals surface area contributed by atoms with Gasteiger partial charge in [-0.2, -0.15) is 4.31 Å². The Bertz CT molecular complexity index is 1170. The molecule has 172 valence electrons. The molecule has 1 aliphatic heterocycles. The van der Waals surface area contributed by atoms with Crippen LogP contribution < -0.4 is 16.4 Å². The highest BCUT2D eigenvalue weighted by atomic mass is 32.2. The van der Waals surface area contributed by atoms with E-state index in [-0.39, 0.29) is 29.1 Å². The summed E-state index contributed by atoms with van der Waals surface area (Å²) in [4.78, 5) is 11.6. The number of nitrogens with zero attached hydrogens (tertiary/aromatic N) is 1. The molecule has 0 spiro atoms. The van der Waals surface area contributed by atoms with Crippen LogP contribution in [0.3, 0.4) is 0 Å². The van der Waals surface area contributed by atoms with Crippen molar-refractivity contribution < 1.29 is 13.2 Å². The average Bonchev–Trinajstić information content (AvgIpc) is 3.30. The second-order valence-corrected chi connectivity index (χ2v) is 10.0. The lowest BCUT2D eigenvalue weighted by Crippen LogP contribution is -2.51. The largest absolute Gasteiger partial charge is 0.366 e. The molecule has 8 heteroatoms. The molecule has 7 nitrogen and oxygen atoms in total. The number of carbonyl (C=O) groups excluding carboxylic acids is 1. The van der Waals surface area contributed by atoms with E-state index in [1.807, 2.05) is 60.7 Å². The summed E-state index contributed by atoms with van der Waals surface area (Å²) in [5.74, 6) is -0.592. The zero-order valence-corrected chi connectivity index (χ0v) is 19.0. The minimum Gasteiger partial charge on any atom is -0.366 e. The maximum absolute atomic E-state index is 13.8. The van der Waals surface area contributed by atoms with Crippen LogP contribution in [0.1, 0.15) is 21.5 Å². The number of hydrogen-bond donors (Lipinski definition) is 3. The van der Waals surface area contributed by atoms with Crippen molar-refractivity contribution in [3.05, 3.63) is 102 Å². The lowest BCUT2D eigenvalue weighted by molar-refractivity contribution is 0.1000. The molecule has 1 saturated heterocycles. The molecule has 0 bridgehead atoms. The number of benzene rings is 3. The molecule has 1 aliphatic rings. The Morgan fingerprint density at radius 3 is 2.12 bits per heavy atom. The van der Waals surface area contributed by atoms with Gasteiger partial charge in [-0.15, -0.1) is 0 Å². The van der Waals surface area contributed by atoms with Crippen molar-refractivity contribution in [3.63, 3.8) is 0 Å². The minimum absolute atomic E-state index is 0.0615. The van der Waals surface area contributed by atoms with E-state index >= 15 is 0 Å². The molecule has 0 unspecified atom stereocenters. The fraction of sp³-hybridized carbons (Fsp3) is 0.240. The van der Waals surface area contributed by atoms with Crippen LogP contribution in [-0.4, -0.2) is 43.8 Å². The van der Waals surface area contributed by atoms with Gasteiger partial charge >= 0.3 is 0 Å². The SMILES string of the molecule is NC(=O)c1ccc(S(=O)(=O)N(Cc2ccccc2)[C@H]2CNC[C@@H]2NCc2ccccc2)cc1. The molecule has 1 amide bonds. The second-order valence-electron chi connectivity index (χ2n) is 8.12. The number of primary amides is 1. The van der Waals surface area contributed by atoms with Crippen LogP contribution in [0.4, 0.5) is 0 Å². The van der Waals surface area contributed by atoms with Gasteiger partial charge in [0, 0.05) is 37.8 Å². The van der Waals surface area contributed by atoms with Gasteiger partial charge in [0.1, 0.15) is 0 Å². The van der Waals surface area contributed by atoms with Gasteiger partial charge in [0.15, 0.2) is 0 Å². The van der Waals surface area contributed by atoms with Gasteiger partial charge in [-0.25, -0.2) is 8.42 Å². The molecular weight excluding hydrogens is 436 g/mol. The number of nitrogens with one attached hydrogen (secondary N) is 2. The Morgan fingerprint density at radius 2 is 1.52 bits per heavy atom. The van der Waals surface area contributed by atoms with Crippen molar-refractivity contribution in [2.45, 2.75) is 30.1 Å². The Balaban J connectivity index is 1.62. The van der Waals surface area contributed by atoms with Crippen molar-refractivity contribution in [2.75, 3.05) is 13.1 Å². The van der Waals surface area contributed by atoms with E-state index in [0.29, 0.717) is 19.6 Å². The number of nitrogens with two attached hydrogens (primary N) is 1. The van der Waals surface area contributed by atoms with Crippen LogP contribution in [0.5, 0.6) is 0 Å². The Labute approximate surface area is 194 Å². The molecule has 3 aromatic rings. The summed E-state index contributed by atoms with van der Waals surface area (Å²) in [6, 6.07) is 25.1. The Kier molecular flexibility index (Phi) is 7.20. The topological polar surface area (TPSA) is 105 Å². The summed E-state index contributed by atoms with van der Waals surface area (Å²) in [5.41, 5.74) is 7.64. The maximum atomic E-state index is 13.8. The van der Waals surface area contributed by atoms with Crippen LogP contribution in [-0.2, 0) is 23.1 Å². The molecule has 0 saturated carbocycles. The lowest BCUT2D eigenvalue weighted by Gasteiger charge is -2.32. The zero-order chi connectivity index (χ0) is 23.3. The van der Waals surface area contributed by atoms with Crippen LogP contribution in [0.15, 0.2) is 89.8 Å². The average molecular weight is 465 g/mol. The first-order valence-corrected chi connectivity index (χ1v) is 12.3. The zero-order valence-electron chi connectivity index (χ0n) is 18.2. The van der Waals surface area contributed by atoms with Crippen molar-refractivity contribution in [3.8, 4) is 0 Å². The first-order chi connectivity index (χ1) is 15.9.